The van der Waals surface area contributed by atoms with Gasteiger partial charge in [-0.05, 0) is 18.2 Å². The Morgan fingerprint density at radius 3 is 2.83 bits per heavy atom. The molecule has 1 atom stereocenters. The molecule has 0 bridgehead atoms. The molecule has 1 fully saturated rings. The van der Waals surface area contributed by atoms with Crippen molar-refractivity contribution in [3.63, 3.8) is 0 Å². The molecule has 1 aliphatic rings. The fourth-order valence-electron chi connectivity index (χ4n) is 2.38. The van der Waals surface area contributed by atoms with Crippen molar-refractivity contribution in [1.82, 2.24) is 9.96 Å². The lowest BCUT2D eigenvalue weighted by Crippen LogP contribution is -2.34. The van der Waals surface area contributed by atoms with E-state index in [1.165, 1.54) is 35.6 Å². The Kier molecular flexibility index (Phi) is 3.86. The molecular formula is C16H11FN2O3S. The first-order valence-electron chi connectivity index (χ1n) is 6.64. The van der Waals surface area contributed by atoms with Gasteiger partial charge in [-0.1, -0.05) is 18.1 Å². The van der Waals surface area contributed by atoms with Gasteiger partial charge in [0.1, 0.15) is 12.4 Å². The number of terminal acetylenes is 1. The van der Waals surface area contributed by atoms with Crippen LogP contribution >= 0.6 is 11.3 Å². The molecule has 1 unspecified atom stereocenters. The van der Waals surface area contributed by atoms with Gasteiger partial charge in [-0.15, -0.1) is 17.8 Å². The summed E-state index contributed by atoms with van der Waals surface area (Å²) >= 11 is 1.21. The summed E-state index contributed by atoms with van der Waals surface area (Å²) in [6.45, 7) is -0.336. The molecule has 2 heterocycles. The van der Waals surface area contributed by atoms with Crippen molar-refractivity contribution in [2.45, 2.75) is 6.17 Å². The smallest absolute Gasteiger partial charge is 0.267 e. The van der Waals surface area contributed by atoms with Gasteiger partial charge >= 0.3 is 0 Å². The van der Waals surface area contributed by atoms with Crippen LogP contribution in [0.3, 0.4) is 0 Å². The molecule has 1 aromatic carbocycles. The number of hydrogen-bond acceptors (Lipinski definition) is 4. The highest BCUT2D eigenvalue weighted by atomic mass is 32.1. The van der Waals surface area contributed by atoms with Crippen LogP contribution in [-0.4, -0.2) is 33.5 Å². The second-order valence-electron chi connectivity index (χ2n) is 4.91. The third kappa shape index (κ3) is 2.59. The number of carbonyl (C=O) groups is 2. The second kappa shape index (κ2) is 5.83. The first-order valence-corrected chi connectivity index (χ1v) is 7.52. The van der Waals surface area contributed by atoms with Crippen LogP contribution in [0, 0.1) is 18.2 Å². The van der Waals surface area contributed by atoms with Crippen molar-refractivity contribution in [2.24, 2.45) is 0 Å². The van der Waals surface area contributed by atoms with E-state index in [9.17, 15) is 19.2 Å². The summed E-state index contributed by atoms with van der Waals surface area (Å²) in [6.07, 6.45) is 4.30. The molecule has 0 aliphatic carbocycles. The van der Waals surface area contributed by atoms with Crippen LogP contribution in [0.5, 0.6) is 0 Å². The summed E-state index contributed by atoms with van der Waals surface area (Å²) in [5.41, 5.74) is 0.422. The fraction of sp³-hybridized carbons (Fsp3) is 0.125. The van der Waals surface area contributed by atoms with E-state index in [0.717, 1.165) is 4.90 Å². The molecule has 2 amide bonds. The molecular weight excluding hydrogens is 319 g/mol. The largest absolute Gasteiger partial charge is 0.302 e. The quantitative estimate of drug-likeness (QED) is 0.679. The number of thiophene rings is 1. The van der Waals surface area contributed by atoms with Gasteiger partial charge in [-0.3, -0.25) is 14.8 Å². The van der Waals surface area contributed by atoms with Crippen molar-refractivity contribution in [2.75, 3.05) is 6.54 Å². The predicted molar refractivity (Wildman–Crippen MR) is 81.1 cm³/mol. The van der Waals surface area contributed by atoms with Gasteiger partial charge in [0, 0.05) is 10.9 Å². The maximum absolute atomic E-state index is 13.8. The molecule has 1 aromatic heterocycles. The zero-order valence-electron chi connectivity index (χ0n) is 11.8. The monoisotopic (exact) mass is 330 g/mol. The Morgan fingerprint density at radius 2 is 2.17 bits per heavy atom. The number of hydroxylamine groups is 2. The molecule has 0 spiro atoms. The number of nitrogens with zero attached hydrogens (tertiary/aromatic N) is 2. The summed E-state index contributed by atoms with van der Waals surface area (Å²) in [5, 5.41) is 12.1. The average Bonchev–Trinajstić information content (AvgIpc) is 3.12. The molecule has 0 saturated carbocycles. The number of rotatable bonds is 2. The summed E-state index contributed by atoms with van der Waals surface area (Å²) in [4.78, 5) is 26.0. The zero-order chi connectivity index (χ0) is 16.6. The highest BCUT2D eigenvalue weighted by Gasteiger charge is 2.42. The second-order valence-corrected chi connectivity index (χ2v) is 5.85. The van der Waals surface area contributed by atoms with Crippen LogP contribution in [0.15, 0.2) is 35.7 Å². The normalized spacial score (nSPS) is 17.4. The SMILES string of the molecule is C#Cc1csc(C2N(O)C(=O)CN2C(=O)c2ccccc2F)c1. The molecule has 5 nitrogen and oxygen atoms in total. The topological polar surface area (TPSA) is 60.9 Å². The Labute approximate surface area is 135 Å². The van der Waals surface area contributed by atoms with E-state index >= 15 is 0 Å². The summed E-state index contributed by atoms with van der Waals surface area (Å²) in [7, 11) is 0. The average molecular weight is 330 g/mol. The molecule has 0 radical (unpaired) electrons. The predicted octanol–water partition coefficient (Wildman–Crippen LogP) is 2.24. The van der Waals surface area contributed by atoms with Gasteiger partial charge in [0.15, 0.2) is 6.17 Å². The third-order valence-corrected chi connectivity index (χ3v) is 4.47. The lowest BCUT2D eigenvalue weighted by Gasteiger charge is -2.25. The minimum atomic E-state index is -1.01. The van der Waals surface area contributed by atoms with E-state index in [4.69, 9.17) is 6.42 Å². The van der Waals surface area contributed by atoms with Gasteiger partial charge < -0.3 is 4.90 Å². The van der Waals surface area contributed by atoms with Gasteiger partial charge in [0.2, 0.25) is 0 Å². The van der Waals surface area contributed by atoms with Crippen LogP contribution in [0.25, 0.3) is 0 Å². The maximum atomic E-state index is 13.8. The van der Waals surface area contributed by atoms with Crippen molar-refractivity contribution in [3.8, 4) is 12.3 Å². The first kappa shape index (κ1) is 15.2. The summed E-state index contributed by atoms with van der Waals surface area (Å²) in [6, 6.07) is 7.11. The van der Waals surface area contributed by atoms with Gasteiger partial charge in [0.25, 0.3) is 11.8 Å². The molecule has 116 valence electrons. The standard InChI is InChI=1S/C16H11FN2O3S/c1-2-10-7-13(23-9-10)15-18(8-14(20)19(15)22)16(21)11-5-3-4-6-12(11)17/h1,3-7,9,15,22H,8H2. The lowest BCUT2D eigenvalue weighted by atomic mass is 10.1. The summed E-state index contributed by atoms with van der Waals surface area (Å²) in [5.74, 6) is 0.443. The van der Waals surface area contributed by atoms with Crippen molar-refractivity contribution in [1.29, 1.82) is 0 Å². The molecule has 23 heavy (non-hydrogen) atoms. The minimum Gasteiger partial charge on any atom is -0.302 e. The first-order chi connectivity index (χ1) is 11.0. The molecule has 3 rings (SSSR count). The Balaban J connectivity index is 1.99. The van der Waals surface area contributed by atoms with Crippen molar-refractivity contribution in [3.05, 3.63) is 57.5 Å². The number of halogens is 1. The number of carbonyl (C=O) groups excluding carboxylic acids is 2. The van der Waals surface area contributed by atoms with E-state index in [-0.39, 0.29) is 12.1 Å². The van der Waals surface area contributed by atoms with Gasteiger partial charge in [-0.25, -0.2) is 4.39 Å². The molecule has 2 aromatic rings. The third-order valence-electron chi connectivity index (χ3n) is 3.49. The van der Waals surface area contributed by atoms with E-state index < -0.39 is 23.8 Å². The Morgan fingerprint density at radius 1 is 1.43 bits per heavy atom. The van der Waals surface area contributed by atoms with Gasteiger partial charge in [0.05, 0.1) is 10.4 Å². The minimum absolute atomic E-state index is 0.158. The molecule has 1 aliphatic heterocycles. The molecule has 7 heteroatoms. The number of hydrogen-bond donors (Lipinski definition) is 1. The van der Waals surface area contributed by atoms with Crippen LogP contribution in [0.2, 0.25) is 0 Å². The van der Waals surface area contributed by atoms with Crippen LogP contribution in [0.1, 0.15) is 27.0 Å². The van der Waals surface area contributed by atoms with E-state index in [0.29, 0.717) is 15.5 Å². The Bertz CT molecular complexity index is 827. The molecule has 1 saturated heterocycles. The zero-order valence-corrected chi connectivity index (χ0v) is 12.6. The van der Waals surface area contributed by atoms with Crippen LogP contribution < -0.4 is 0 Å². The van der Waals surface area contributed by atoms with Crippen LogP contribution in [-0.2, 0) is 4.79 Å². The maximum Gasteiger partial charge on any atom is 0.267 e. The number of amides is 2. The highest BCUT2D eigenvalue weighted by Crippen LogP contribution is 2.34. The molecule has 1 N–H and O–H groups in total. The van der Waals surface area contributed by atoms with Crippen LogP contribution in [0.4, 0.5) is 4.39 Å². The van der Waals surface area contributed by atoms with E-state index in [1.807, 2.05) is 0 Å². The van der Waals surface area contributed by atoms with E-state index in [1.54, 1.807) is 11.4 Å². The number of benzene rings is 1. The Hall–Kier alpha value is -2.69. The van der Waals surface area contributed by atoms with Crippen molar-refractivity contribution < 1.29 is 19.2 Å². The van der Waals surface area contributed by atoms with Gasteiger partial charge in [-0.2, -0.15) is 5.06 Å². The van der Waals surface area contributed by atoms with E-state index in [2.05, 4.69) is 5.92 Å². The fourth-order valence-corrected chi connectivity index (χ4v) is 3.33. The highest BCUT2D eigenvalue weighted by molar-refractivity contribution is 7.10. The summed E-state index contributed by atoms with van der Waals surface area (Å²) < 4.78 is 13.8. The van der Waals surface area contributed by atoms with Crippen molar-refractivity contribution >= 4 is 23.2 Å². The lowest BCUT2D eigenvalue weighted by molar-refractivity contribution is -0.168.